The monoisotopic (exact) mass is 591 g/mol. The number of amides is 1. The van der Waals surface area contributed by atoms with Crippen molar-refractivity contribution in [2.45, 2.75) is 19.5 Å². The Morgan fingerprint density at radius 1 is 1.05 bits per heavy atom. The molecule has 10 heteroatoms. The van der Waals surface area contributed by atoms with Crippen molar-refractivity contribution in [2.75, 3.05) is 32.6 Å². The average Bonchev–Trinajstić information content (AvgIpc) is 3.30. The highest BCUT2D eigenvalue weighted by molar-refractivity contribution is 6.39. The van der Waals surface area contributed by atoms with E-state index in [1.165, 1.54) is 0 Å². The summed E-state index contributed by atoms with van der Waals surface area (Å²) in [6.07, 6.45) is 1.67. The number of ether oxygens (including phenoxy) is 1. The largest absolute Gasteiger partial charge is 0.496 e. The number of anilines is 1. The molecule has 212 valence electrons. The van der Waals surface area contributed by atoms with Crippen LogP contribution in [0, 0.1) is 0 Å². The number of nitrogens with one attached hydrogen (secondary N) is 2. The molecule has 0 unspecified atom stereocenters. The fourth-order valence-corrected chi connectivity index (χ4v) is 5.78. The van der Waals surface area contributed by atoms with Gasteiger partial charge in [0.05, 0.1) is 35.1 Å². The smallest absolute Gasteiger partial charge is 0.291 e. The Kier molecular flexibility index (Phi) is 8.75. The Labute approximate surface area is 249 Å². The quantitative estimate of drug-likeness (QED) is 0.195. The van der Waals surface area contributed by atoms with E-state index in [4.69, 9.17) is 27.9 Å². The van der Waals surface area contributed by atoms with E-state index in [0.29, 0.717) is 46.0 Å². The number of hydrogen-bond donors (Lipinski definition) is 2. The Morgan fingerprint density at radius 2 is 1.78 bits per heavy atom. The number of rotatable bonds is 9. The number of nitrogens with zero attached hydrogens (tertiary/aromatic N) is 3. The zero-order valence-electron chi connectivity index (χ0n) is 23.1. The molecule has 1 aromatic heterocycles. The zero-order chi connectivity index (χ0) is 29.1. The first kappa shape index (κ1) is 28.8. The summed E-state index contributed by atoms with van der Waals surface area (Å²) in [5, 5.41) is 6.91. The molecule has 2 N–H and O–H groups in total. The van der Waals surface area contributed by atoms with Crippen molar-refractivity contribution in [2.24, 2.45) is 7.05 Å². The van der Waals surface area contributed by atoms with Crippen LogP contribution in [0.5, 0.6) is 5.75 Å². The molecule has 2 heterocycles. The van der Waals surface area contributed by atoms with E-state index < -0.39 is 0 Å². The highest BCUT2D eigenvalue weighted by Gasteiger charge is 2.25. The normalized spacial score (nSPS) is 13.1. The molecule has 3 aromatic carbocycles. The van der Waals surface area contributed by atoms with Gasteiger partial charge in [-0.15, -0.1) is 0 Å². The van der Waals surface area contributed by atoms with Gasteiger partial charge >= 0.3 is 0 Å². The minimum Gasteiger partial charge on any atom is -0.496 e. The number of carbonyl (C=O) groups excluding carboxylic acids is 2. The van der Waals surface area contributed by atoms with Crippen molar-refractivity contribution in [3.05, 3.63) is 87.4 Å². The number of imidazole rings is 1. The summed E-state index contributed by atoms with van der Waals surface area (Å²) < 4.78 is 7.47. The standard InChI is InChI=1S/C31H31Cl2N5O3/c1-37-14-12-26-25(18-37)35-30(38(26)2)31(40)36-24-9-5-8-23(29(24)33)22-7-4-6-21(28(22)32)19-10-11-20(17-34-13-15-39)27(16-19)41-3/h4-11,15-16,34H,12-14,17-18H2,1-3H3,(H,36,40). The summed E-state index contributed by atoms with van der Waals surface area (Å²) in [4.78, 5) is 30.8. The number of likely N-dealkylation sites (N-methyl/N-ethyl adjacent to an activating group) is 1. The van der Waals surface area contributed by atoms with Crippen LogP contribution in [0.1, 0.15) is 27.6 Å². The summed E-state index contributed by atoms with van der Waals surface area (Å²) in [5.74, 6) is 0.719. The van der Waals surface area contributed by atoms with Crippen molar-refractivity contribution < 1.29 is 14.3 Å². The molecule has 4 aromatic rings. The van der Waals surface area contributed by atoms with Gasteiger partial charge in [-0.1, -0.05) is 65.7 Å². The van der Waals surface area contributed by atoms with Gasteiger partial charge in [0.15, 0.2) is 5.82 Å². The molecule has 0 saturated carbocycles. The molecule has 1 amide bonds. The number of methoxy groups -OCH3 is 1. The van der Waals surface area contributed by atoms with Crippen LogP contribution in [0.2, 0.25) is 10.0 Å². The number of hydrogen-bond acceptors (Lipinski definition) is 6. The second-order valence-corrected chi connectivity index (χ2v) is 10.7. The third kappa shape index (κ3) is 5.87. The Bertz CT molecular complexity index is 1620. The van der Waals surface area contributed by atoms with E-state index >= 15 is 0 Å². The van der Waals surface area contributed by atoms with Crippen molar-refractivity contribution in [3.63, 3.8) is 0 Å². The van der Waals surface area contributed by atoms with Crippen LogP contribution in [0.25, 0.3) is 22.3 Å². The van der Waals surface area contributed by atoms with Gasteiger partial charge in [-0.25, -0.2) is 4.98 Å². The number of halogens is 2. The molecule has 8 nitrogen and oxygen atoms in total. The highest BCUT2D eigenvalue weighted by Crippen LogP contribution is 2.42. The maximum absolute atomic E-state index is 13.3. The van der Waals surface area contributed by atoms with Crippen LogP contribution in [0.15, 0.2) is 54.6 Å². The van der Waals surface area contributed by atoms with Gasteiger partial charge in [-0.3, -0.25) is 4.79 Å². The van der Waals surface area contributed by atoms with Gasteiger partial charge in [0.2, 0.25) is 0 Å². The summed E-state index contributed by atoms with van der Waals surface area (Å²) in [6, 6.07) is 17.1. The van der Waals surface area contributed by atoms with Gasteiger partial charge in [-0.05, 0) is 24.7 Å². The van der Waals surface area contributed by atoms with E-state index in [9.17, 15) is 9.59 Å². The highest BCUT2D eigenvalue weighted by atomic mass is 35.5. The van der Waals surface area contributed by atoms with E-state index in [1.54, 1.807) is 13.2 Å². The van der Waals surface area contributed by atoms with Crippen LogP contribution in [0.3, 0.4) is 0 Å². The van der Waals surface area contributed by atoms with Gasteiger partial charge in [0, 0.05) is 61.1 Å². The van der Waals surface area contributed by atoms with Gasteiger partial charge in [-0.2, -0.15) is 0 Å². The van der Waals surface area contributed by atoms with Crippen LogP contribution < -0.4 is 15.4 Å². The summed E-state index contributed by atoms with van der Waals surface area (Å²) >= 11 is 13.9. The number of fused-ring (bicyclic) bond motifs is 1. The lowest BCUT2D eigenvalue weighted by molar-refractivity contribution is -0.107. The number of benzene rings is 3. The van der Waals surface area contributed by atoms with Crippen molar-refractivity contribution in [1.29, 1.82) is 0 Å². The predicted octanol–water partition coefficient (Wildman–Crippen LogP) is 5.60. The Hall–Kier alpha value is -3.69. The summed E-state index contributed by atoms with van der Waals surface area (Å²) in [7, 11) is 5.53. The first-order chi connectivity index (χ1) is 19.8. The van der Waals surface area contributed by atoms with Crippen molar-refractivity contribution >= 4 is 41.1 Å². The molecular weight excluding hydrogens is 561 g/mol. The van der Waals surface area contributed by atoms with Gasteiger partial charge in [0.1, 0.15) is 12.0 Å². The lowest BCUT2D eigenvalue weighted by Gasteiger charge is -2.21. The second kappa shape index (κ2) is 12.4. The molecule has 0 spiro atoms. The Morgan fingerprint density at radius 3 is 2.54 bits per heavy atom. The van der Waals surface area contributed by atoms with E-state index in [0.717, 1.165) is 52.9 Å². The summed E-state index contributed by atoms with van der Waals surface area (Å²) in [6.45, 7) is 2.41. The molecule has 41 heavy (non-hydrogen) atoms. The lowest BCUT2D eigenvalue weighted by Crippen LogP contribution is -2.27. The molecule has 0 radical (unpaired) electrons. The molecule has 0 atom stereocenters. The number of carbonyl (C=O) groups is 2. The van der Waals surface area contributed by atoms with Crippen molar-refractivity contribution in [3.8, 4) is 28.0 Å². The maximum Gasteiger partial charge on any atom is 0.291 e. The SMILES string of the molecule is COc1cc(-c2cccc(-c3cccc(NC(=O)c4nc5c(n4C)CCN(C)C5)c3Cl)c2Cl)ccc1CNCC=O. The number of aldehydes is 1. The maximum atomic E-state index is 13.3. The third-order valence-electron chi connectivity index (χ3n) is 7.33. The van der Waals surface area contributed by atoms with Gasteiger partial charge < -0.3 is 29.6 Å². The predicted molar refractivity (Wildman–Crippen MR) is 163 cm³/mol. The minimum atomic E-state index is -0.321. The van der Waals surface area contributed by atoms with E-state index in [1.807, 2.05) is 67.2 Å². The van der Waals surface area contributed by atoms with Crippen LogP contribution in [0.4, 0.5) is 5.69 Å². The lowest BCUT2D eigenvalue weighted by atomic mass is 9.97. The van der Waals surface area contributed by atoms with Crippen LogP contribution >= 0.6 is 23.2 Å². The topological polar surface area (TPSA) is 88.5 Å². The Balaban J connectivity index is 1.44. The molecule has 0 bridgehead atoms. The first-order valence-electron chi connectivity index (χ1n) is 13.3. The first-order valence-corrected chi connectivity index (χ1v) is 14.0. The molecule has 0 aliphatic carbocycles. The van der Waals surface area contributed by atoms with Gasteiger partial charge in [0.25, 0.3) is 5.91 Å². The molecule has 5 rings (SSSR count). The fraction of sp³-hybridized carbons (Fsp3) is 0.258. The third-order valence-corrected chi connectivity index (χ3v) is 8.14. The van der Waals surface area contributed by atoms with E-state index in [2.05, 4.69) is 20.5 Å². The van der Waals surface area contributed by atoms with Crippen LogP contribution in [-0.4, -0.2) is 53.9 Å². The molecule has 0 fully saturated rings. The van der Waals surface area contributed by atoms with E-state index in [-0.39, 0.29) is 12.5 Å². The average molecular weight is 593 g/mol. The summed E-state index contributed by atoms with van der Waals surface area (Å²) in [5.41, 5.74) is 6.52. The molecular formula is C31H31Cl2N5O3. The molecule has 1 aliphatic rings. The zero-order valence-corrected chi connectivity index (χ0v) is 24.6. The molecule has 0 saturated heterocycles. The minimum absolute atomic E-state index is 0.264. The fourth-order valence-electron chi connectivity index (χ4n) is 5.16. The van der Waals surface area contributed by atoms with Crippen molar-refractivity contribution in [1.82, 2.24) is 19.8 Å². The second-order valence-electron chi connectivity index (χ2n) is 9.99. The van der Waals surface area contributed by atoms with Crippen LogP contribution in [-0.2, 0) is 31.4 Å². The number of aromatic nitrogens is 2. The molecule has 1 aliphatic heterocycles.